The Labute approximate surface area is 163 Å². The Hall–Kier alpha value is -2.84. The number of rotatable bonds is 6. The summed E-state index contributed by atoms with van der Waals surface area (Å²) in [5.41, 5.74) is 2.58. The van der Waals surface area contributed by atoms with Crippen molar-refractivity contribution in [3.8, 4) is 0 Å². The van der Waals surface area contributed by atoms with Crippen LogP contribution in [0.2, 0.25) is 0 Å². The molecule has 0 saturated heterocycles. The van der Waals surface area contributed by atoms with Crippen LogP contribution in [0.5, 0.6) is 0 Å². The van der Waals surface area contributed by atoms with Crippen LogP contribution in [0.3, 0.4) is 0 Å². The summed E-state index contributed by atoms with van der Waals surface area (Å²) in [4.78, 5) is 12.4. The number of hydrogen-bond donors (Lipinski definition) is 1. The van der Waals surface area contributed by atoms with Gasteiger partial charge in [0.25, 0.3) is 10.0 Å². The van der Waals surface area contributed by atoms with Gasteiger partial charge in [0.2, 0.25) is 0 Å². The highest BCUT2D eigenvalue weighted by molar-refractivity contribution is 7.92. The lowest BCUT2D eigenvalue weighted by atomic mass is 10.1. The van der Waals surface area contributed by atoms with Crippen LogP contribution >= 0.6 is 0 Å². The van der Waals surface area contributed by atoms with Gasteiger partial charge in [0, 0.05) is 18.2 Å². The van der Waals surface area contributed by atoms with Crippen LogP contribution in [0.4, 0.5) is 5.69 Å². The molecule has 0 amide bonds. The summed E-state index contributed by atoms with van der Waals surface area (Å²) < 4.78 is 43.7. The highest BCUT2D eigenvalue weighted by atomic mass is 32.2. The topological polar surface area (TPSA) is 94.8 Å². The number of sulfonamides is 1. The van der Waals surface area contributed by atoms with Gasteiger partial charge in [-0.05, 0) is 43.7 Å². The van der Waals surface area contributed by atoms with E-state index >= 15 is 0 Å². The summed E-state index contributed by atoms with van der Waals surface area (Å²) in [5.74, 6) is -0.265. The molecule has 8 heteroatoms. The second-order valence-corrected chi connectivity index (χ2v) is 8.06. The molecular formula is C20H21NO6S. The average molecular weight is 403 g/mol. The third kappa shape index (κ3) is 3.74. The second kappa shape index (κ2) is 7.65. The Morgan fingerprint density at radius 2 is 1.86 bits per heavy atom. The zero-order chi connectivity index (χ0) is 20.5. The minimum Gasteiger partial charge on any atom is -0.465 e. The molecule has 3 rings (SSSR count). The first-order valence-corrected chi connectivity index (χ1v) is 9.98. The van der Waals surface area contributed by atoms with Crippen molar-refractivity contribution in [3.05, 3.63) is 58.8 Å². The first-order valence-electron chi connectivity index (χ1n) is 8.49. The molecule has 7 nitrogen and oxygen atoms in total. The fourth-order valence-electron chi connectivity index (χ4n) is 3.08. The van der Waals surface area contributed by atoms with Gasteiger partial charge in [-0.3, -0.25) is 4.72 Å². The summed E-state index contributed by atoms with van der Waals surface area (Å²) in [5, 5.41) is 0.444. The molecular weight excluding hydrogens is 382 g/mol. The number of carbonyl (C=O) groups excluding carboxylic acids is 1. The molecule has 148 valence electrons. The van der Waals surface area contributed by atoms with E-state index in [1.165, 1.54) is 14.2 Å². The van der Waals surface area contributed by atoms with Crippen LogP contribution < -0.4 is 4.72 Å². The monoisotopic (exact) mass is 403 g/mol. The number of esters is 1. The summed E-state index contributed by atoms with van der Waals surface area (Å²) in [6.45, 7) is 3.73. The number of anilines is 1. The number of hydrogen-bond acceptors (Lipinski definition) is 6. The highest BCUT2D eigenvalue weighted by Gasteiger charge is 2.23. The number of methoxy groups -OCH3 is 2. The lowest BCUT2D eigenvalue weighted by Gasteiger charge is -2.11. The summed E-state index contributed by atoms with van der Waals surface area (Å²) in [6.07, 6.45) is 0. The Kier molecular flexibility index (Phi) is 5.44. The Balaban J connectivity index is 2.05. The maximum atomic E-state index is 12.8. The van der Waals surface area contributed by atoms with Crippen molar-refractivity contribution in [2.45, 2.75) is 25.3 Å². The second-order valence-electron chi connectivity index (χ2n) is 6.41. The summed E-state index contributed by atoms with van der Waals surface area (Å²) in [6, 6.07) is 9.84. The van der Waals surface area contributed by atoms with E-state index in [0.29, 0.717) is 28.0 Å². The van der Waals surface area contributed by atoms with Gasteiger partial charge in [0.15, 0.2) is 0 Å². The molecule has 28 heavy (non-hydrogen) atoms. The largest absolute Gasteiger partial charge is 0.465 e. The van der Waals surface area contributed by atoms with E-state index in [0.717, 1.165) is 5.56 Å². The molecule has 0 saturated carbocycles. The van der Waals surface area contributed by atoms with E-state index in [-0.39, 0.29) is 17.1 Å². The van der Waals surface area contributed by atoms with E-state index < -0.39 is 16.0 Å². The Morgan fingerprint density at radius 3 is 2.50 bits per heavy atom. The van der Waals surface area contributed by atoms with Crippen molar-refractivity contribution in [3.63, 3.8) is 0 Å². The molecule has 0 atom stereocenters. The van der Waals surface area contributed by atoms with Crippen molar-refractivity contribution < 1.29 is 27.1 Å². The zero-order valence-electron chi connectivity index (χ0n) is 16.0. The molecule has 0 aliphatic rings. The van der Waals surface area contributed by atoms with Gasteiger partial charge in [-0.25, -0.2) is 13.2 Å². The van der Waals surface area contributed by atoms with E-state index in [9.17, 15) is 13.2 Å². The van der Waals surface area contributed by atoms with Gasteiger partial charge in [-0.15, -0.1) is 0 Å². The fourth-order valence-corrected chi connectivity index (χ4v) is 4.36. The lowest BCUT2D eigenvalue weighted by Crippen LogP contribution is -2.14. The minimum atomic E-state index is -3.79. The van der Waals surface area contributed by atoms with Gasteiger partial charge in [0.1, 0.15) is 23.5 Å². The van der Waals surface area contributed by atoms with Crippen LogP contribution in [0, 0.1) is 13.8 Å². The van der Waals surface area contributed by atoms with Crippen LogP contribution in [-0.2, 0) is 26.1 Å². The standard InChI is InChI=1S/C20H21NO6S/c1-12-5-8-18(13(2)9-12)28(23,24)21-14-6-7-16-15(10-14)19(20(22)26-4)17(27-16)11-25-3/h5-10,21H,11H2,1-4H3. The van der Waals surface area contributed by atoms with Gasteiger partial charge >= 0.3 is 5.97 Å². The number of furan rings is 1. The van der Waals surface area contributed by atoms with Crippen molar-refractivity contribution in [1.29, 1.82) is 0 Å². The van der Waals surface area contributed by atoms with Gasteiger partial charge < -0.3 is 13.9 Å². The van der Waals surface area contributed by atoms with Crippen molar-refractivity contribution in [1.82, 2.24) is 0 Å². The van der Waals surface area contributed by atoms with E-state index in [1.54, 1.807) is 43.3 Å². The lowest BCUT2D eigenvalue weighted by molar-refractivity contribution is 0.0594. The molecule has 1 aromatic heterocycles. The summed E-state index contributed by atoms with van der Waals surface area (Å²) in [7, 11) is -1.04. The van der Waals surface area contributed by atoms with Crippen LogP contribution in [0.1, 0.15) is 27.2 Å². The number of nitrogens with one attached hydrogen (secondary N) is 1. The molecule has 0 fully saturated rings. The molecule has 0 aliphatic carbocycles. The van der Waals surface area contributed by atoms with Gasteiger partial charge in [-0.2, -0.15) is 0 Å². The maximum Gasteiger partial charge on any atom is 0.342 e. The molecule has 1 heterocycles. The molecule has 0 spiro atoms. The number of carbonyl (C=O) groups is 1. The van der Waals surface area contributed by atoms with Crippen molar-refractivity contribution in [2.24, 2.45) is 0 Å². The fraction of sp³-hybridized carbons (Fsp3) is 0.250. The van der Waals surface area contributed by atoms with Crippen molar-refractivity contribution >= 4 is 32.6 Å². The Morgan fingerprint density at radius 1 is 1.11 bits per heavy atom. The highest BCUT2D eigenvalue weighted by Crippen LogP contribution is 2.31. The third-order valence-electron chi connectivity index (χ3n) is 4.30. The number of fused-ring (bicyclic) bond motifs is 1. The van der Waals surface area contributed by atoms with E-state index in [1.807, 2.05) is 6.92 Å². The first-order chi connectivity index (χ1) is 13.3. The smallest absolute Gasteiger partial charge is 0.342 e. The van der Waals surface area contributed by atoms with Gasteiger partial charge in [0.05, 0.1) is 12.0 Å². The molecule has 0 radical (unpaired) electrons. The minimum absolute atomic E-state index is 0.0860. The molecule has 0 bridgehead atoms. The number of benzene rings is 2. The number of aryl methyl sites for hydroxylation is 2. The predicted octanol–water partition coefficient (Wildman–Crippen LogP) is 3.78. The maximum absolute atomic E-state index is 12.8. The van der Waals surface area contributed by atoms with E-state index in [4.69, 9.17) is 13.9 Å². The zero-order valence-corrected chi connectivity index (χ0v) is 16.8. The van der Waals surface area contributed by atoms with E-state index in [2.05, 4.69) is 4.72 Å². The van der Waals surface area contributed by atoms with Crippen LogP contribution in [-0.4, -0.2) is 28.6 Å². The van der Waals surface area contributed by atoms with Crippen LogP contribution in [0.25, 0.3) is 11.0 Å². The SMILES string of the molecule is COCc1oc2ccc(NS(=O)(=O)c3ccc(C)cc3C)cc2c1C(=O)OC. The average Bonchev–Trinajstić information content (AvgIpc) is 2.98. The van der Waals surface area contributed by atoms with Crippen LogP contribution in [0.15, 0.2) is 45.7 Å². The Bertz CT molecular complexity index is 1150. The predicted molar refractivity (Wildman–Crippen MR) is 105 cm³/mol. The number of ether oxygens (including phenoxy) is 2. The summed E-state index contributed by atoms with van der Waals surface area (Å²) >= 11 is 0. The quantitative estimate of drug-likeness (QED) is 0.630. The first kappa shape index (κ1) is 19.9. The molecule has 3 aromatic rings. The third-order valence-corrected chi connectivity index (χ3v) is 5.84. The normalized spacial score (nSPS) is 11.6. The van der Waals surface area contributed by atoms with Crippen molar-refractivity contribution in [2.75, 3.05) is 18.9 Å². The molecule has 1 N–H and O–H groups in total. The van der Waals surface area contributed by atoms with Gasteiger partial charge in [-0.1, -0.05) is 17.7 Å². The molecule has 0 unspecified atom stereocenters. The molecule has 2 aromatic carbocycles. The molecule has 0 aliphatic heterocycles.